The predicted molar refractivity (Wildman–Crippen MR) is 419 cm³/mol. The van der Waals surface area contributed by atoms with Gasteiger partial charge in [-0.1, -0.05) is 157 Å². The number of likely N-dealkylation sites (N-methyl/N-ethyl adjacent to an activating group) is 5. The fourth-order valence-electron chi connectivity index (χ4n) is 11.3. The number of carbonyl (C=O) groups excluding carboxylic acids is 10. The smallest absolute Gasteiger partial charge is 0.410 e. The molecule has 5 aromatic carbocycles. The lowest BCUT2D eigenvalue weighted by Gasteiger charge is -2.31. The molecule has 0 aliphatic rings. The monoisotopic (exact) mass is 1550 g/mol. The minimum atomic E-state index is -1.55. The van der Waals surface area contributed by atoms with Crippen molar-refractivity contribution in [2.24, 2.45) is 17.8 Å². The number of Topliss-reactive ketones (excluding diaryl/α,β-unsaturated/α-hetero) is 2. The Morgan fingerprint density at radius 1 is 0.369 bits per heavy atom. The molecule has 0 radical (unpaired) electrons. The number of aliphatic hydroxyl groups is 1. The molecule has 0 fully saturated rings. The Kier molecular flexibility index (Phi) is 41.2. The van der Waals surface area contributed by atoms with Gasteiger partial charge >= 0.3 is 36.2 Å². The van der Waals surface area contributed by atoms with E-state index in [0.717, 1.165) is 32.7 Å². The first kappa shape index (κ1) is 94.8. The van der Waals surface area contributed by atoms with Crippen LogP contribution in [-0.4, -0.2) is 230 Å². The third kappa shape index (κ3) is 33.3. The van der Waals surface area contributed by atoms with Gasteiger partial charge in [0, 0.05) is 21.1 Å². The molecule has 0 saturated heterocycles. The van der Waals surface area contributed by atoms with Crippen molar-refractivity contribution in [3.05, 3.63) is 167 Å². The molecule has 0 heterocycles. The molecule has 0 aliphatic carbocycles. The maximum atomic E-state index is 13.5. The van der Waals surface area contributed by atoms with Crippen molar-refractivity contribution >= 4 is 65.5 Å². The summed E-state index contributed by atoms with van der Waals surface area (Å²) in [5, 5.41) is 27.4. The number of esters is 2. The van der Waals surface area contributed by atoms with Gasteiger partial charge in [-0.15, -0.1) is 0 Å². The second-order valence-electron chi connectivity index (χ2n) is 29.0. The molecule has 11 atom stereocenters. The molecule has 0 saturated carbocycles. The number of methoxy groups -OCH3 is 2. The van der Waals surface area contributed by atoms with E-state index in [2.05, 4.69) is 16.0 Å². The lowest BCUT2D eigenvalue weighted by atomic mass is 10.0. The summed E-state index contributed by atoms with van der Waals surface area (Å²) in [6.45, 7) is 18.7. The Balaban J connectivity index is 0.000000443. The number of amides is 6. The van der Waals surface area contributed by atoms with Crippen LogP contribution in [0.5, 0.6) is 11.5 Å². The van der Waals surface area contributed by atoms with E-state index in [1.165, 1.54) is 58.6 Å². The van der Waals surface area contributed by atoms with Gasteiger partial charge in [-0.3, -0.25) is 58.1 Å². The number of aliphatic hydroxyl groups excluding tert-OH is 1. The fraction of sp³-hybridized carbons (Fsp3) is 0.506. The van der Waals surface area contributed by atoms with E-state index >= 15 is 0 Å². The second-order valence-corrected chi connectivity index (χ2v) is 29.0. The number of carbonyl (C=O) groups is 11. The number of hydrogen-bond donors (Lipinski definition) is 5. The molecule has 0 bridgehead atoms. The number of aliphatic carboxylic acids is 1. The minimum Gasteiger partial charge on any atom is -0.497 e. The van der Waals surface area contributed by atoms with Crippen molar-refractivity contribution in [1.82, 2.24) is 40.4 Å². The van der Waals surface area contributed by atoms with Crippen molar-refractivity contribution < 1.29 is 96.1 Å². The molecular formula is C83H118N8O20. The van der Waals surface area contributed by atoms with Crippen LogP contribution >= 0.6 is 0 Å². The van der Waals surface area contributed by atoms with Crippen molar-refractivity contribution in [3.63, 3.8) is 0 Å². The highest BCUT2D eigenvalue weighted by Gasteiger charge is 2.39. The summed E-state index contributed by atoms with van der Waals surface area (Å²) in [5.74, 6) is -3.40. The van der Waals surface area contributed by atoms with E-state index in [1.54, 1.807) is 71.3 Å². The van der Waals surface area contributed by atoms with Crippen molar-refractivity contribution in [2.75, 3.05) is 63.6 Å². The standard InChI is InChI=1S/C32H45N3O7.C31H43N3O8.C20H30N2O5/c1-21(2)18-27(35(7)32(39)41-20-25-12-10-9-11-13-25)30(37)33-29(22(3)36)23(4)42-31(38)28(34(5)6)19-24-14-16-26(40-8)17-15-24;1-20(2)17-25(34(6)31(39)41-19-23-11-9-8-10-12-23)28(35)32-27(29(36)37)21(3)42-30(38)26(33(4)5)18-22-13-15-24(40-7)16-14-22;1-13(2)11-17(19(25)21-18(14(3)23)15(4)24)22(5)20(26)27-12-16-9-7-6-8-10-16/h9-17,21,23,27-29H,18-20H2,1-8H3,(H,33,37);8-16,20-21,25-27H,17-19H2,1-7H3,(H,32,35)(H,36,37);6-10,13-14,17-18,23H,11-12H2,1-5H3,(H,21,25)/t23-,27-,28+,29?;21-,25-,26+,27?;14-,17-,18?/m111/s1. The summed E-state index contributed by atoms with van der Waals surface area (Å²) in [5.41, 5.74) is 4.22. The van der Waals surface area contributed by atoms with E-state index in [1.807, 2.05) is 169 Å². The highest BCUT2D eigenvalue weighted by atomic mass is 16.6. The lowest BCUT2D eigenvalue weighted by molar-refractivity contribution is -0.160. The number of rotatable bonds is 39. The number of ketones is 2. The highest BCUT2D eigenvalue weighted by Crippen LogP contribution is 2.22. The van der Waals surface area contributed by atoms with Gasteiger partial charge in [0.15, 0.2) is 17.6 Å². The number of hydrogen-bond acceptors (Lipinski definition) is 21. The maximum absolute atomic E-state index is 13.5. The molecule has 0 spiro atoms. The average Bonchev–Trinajstić information content (AvgIpc) is 0.848. The van der Waals surface area contributed by atoms with Gasteiger partial charge < -0.3 is 59.3 Å². The van der Waals surface area contributed by atoms with Gasteiger partial charge in [-0.05, 0) is 165 Å². The molecule has 3 unspecified atom stereocenters. The van der Waals surface area contributed by atoms with Gasteiger partial charge in [0.1, 0.15) is 85.8 Å². The zero-order valence-electron chi connectivity index (χ0n) is 68.0. The molecule has 28 nitrogen and oxygen atoms in total. The lowest BCUT2D eigenvalue weighted by Crippen LogP contribution is -2.56. The first-order valence-electron chi connectivity index (χ1n) is 36.9. The second kappa shape index (κ2) is 48.3. The number of carboxylic acid groups (broad SMARTS) is 1. The average molecular weight is 1550 g/mol. The van der Waals surface area contributed by atoms with Crippen LogP contribution in [-0.2, 0) is 94.7 Å². The zero-order valence-corrected chi connectivity index (χ0v) is 68.0. The summed E-state index contributed by atoms with van der Waals surface area (Å²) >= 11 is 0. The van der Waals surface area contributed by atoms with Crippen LogP contribution in [0.2, 0.25) is 0 Å². The van der Waals surface area contributed by atoms with Crippen LogP contribution in [0.1, 0.15) is 123 Å². The molecule has 28 heteroatoms. The van der Waals surface area contributed by atoms with Gasteiger partial charge in [0.25, 0.3) is 0 Å². The molecular weight excluding hydrogens is 1430 g/mol. The highest BCUT2D eigenvalue weighted by molar-refractivity contribution is 5.93. The number of carboxylic acids is 1. The van der Waals surface area contributed by atoms with E-state index in [0.29, 0.717) is 37.2 Å². The van der Waals surface area contributed by atoms with Crippen LogP contribution in [0.25, 0.3) is 0 Å². The van der Waals surface area contributed by atoms with E-state index in [4.69, 9.17) is 33.2 Å². The molecule has 5 N–H and O–H groups in total. The van der Waals surface area contributed by atoms with Gasteiger partial charge in [-0.2, -0.15) is 0 Å². The normalized spacial score (nSPS) is 14.0. The molecule has 0 aromatic heterocycles. The first-order chi connectivity index (χ1) is 52.3. The van der Waals surface area contributed by atoms with E-state index < -0.39 is 121 Å². The van der Waals surface area contributed by atoms with Crippen LogP contribution < -0.4 is 25.4 Å². The van der Waals surface area contributed by atoms with Crippen LogP contribution in [0.15, 0.2) is 140 Å². The Bertz CT molecular complexity index is 3530. The van der Waals surface area contributed by atoms with Crippen molar-refractivity contribution in [3.8, 4) is 11.5 Å². The summed E-state index contributed by atoms with van der Waals surface area (Å²) in [6.07, 6.45) is -3.50. The Morgan fingerprint density at radius 3 is 0.883 bits per heavy atom. The van der Waals surface area contributed by atoms with Crippen LogP contribution in [0.3, 0.4) is 0 Å². The summed E-state index contributed by atoms with van der Waals surface area (Å²) < 4.78 is 37.8. The van der Waals surface area contributed by atoms with Gasteiger partial charge in [-0.25, -0.2) is 19.2 Å². The summed E-state index contributed by atoms with van der Waals surface area (Å²) in [4.78, 5) is 147. The molecule has 610 valence electrons. The quantitative estimate of drug-likeness (QED) is 0.0181. The number of nitrogens with zero attached hydrogens (tertiary/aromatic N) is 5. The van der Waals surface area contributed by atoms with Gasteiger partial charge in [0.05, 0.1) is 20.3 Å². The van der Waals surface area contributed by atoms with Crippen molar-refractivity contribution in [2.45, 2.75) is 195 Å². The third-order valence-electron chi connectivity index (χ3n) is 17.9. The minimum absolute atomic E-state index is 0.00227. The number of nitrogens with one attached hydrogen (secondary N) is 3. The maximum Gasteiger partial charge on any atom is 0.410 e. The van der Waals surface area contributed by atoms with Gasteiger partial charge in [0.2, 0.25) is 17.7 Å². The number of ether oxygens (including phenoxy) is 7. The topological polar surface area (TPSA) is 345 Å². The molecule has 111 heavy (non-hydrogen) atoms. The zero-order chi connectivity index (χ0) is 83.4. The Hall–Kier alpha value is -10.5. The van der Waals surface area contributed by atoms with E-state index in [-0.39, 0.29) is 55.6 Å². The first-order valence-corrected chi connectivity index (χ1v) is 36.9. The molecule has 6 amide bonds. The number of benzene rings is 5. The van der Waals surface area contributed by atoms with E-state index in [9.17, 15) is 63.0 Å². The largest absolute Gasteiger partial charge is 0.497 e. The van der Waals surface area contributed by atoms with Crippen molar-refractivity contribution in [1.29, 1.82) is 0 Å². The molecule has 5 rings (SSSR count). The predicted octanol–water partition coefficient (Wildman–Crippen LogP) is 9.33. The third-order valence-corrected chi connectivity index (χ3v) is 17.9. The molecule has 5 aromatic rings. The Morgan fingerprint density at radius 2 is 0.640 bits per heavy atom. The van der Waals surface area contributed by atoms with Crippen LogP contribution in [0, 0.1) is 17.8 Å². The SMILES string of the molecule is CC(=O)C(NC(=O)[C@@H](CC(C)C)N(C)C(=O)OCc1ccccc1)[C@@H](C)O.COc1ccc(C[C@@H](C(=O)O[C@H](C)C(NC(=O)[C@@H](CC(C)C)N(C)C(=O)OCc2ccccc2)C(=O)O)N(C)C)cc1.COc1ccc(C[C@@H](C(=O)O[C@H](C)C(NC(=O)[C@@H](CC(C)C)N(C)C(=O)OCc2ccccc2)C(C)=O)N(C)C)cc1. The fourth-order valence-corrected chi connectivity index (χ4v) is 11.3. The summed E-state index contributed by atoms with van der Waals surface area (Å²) in [7, 11) is 14.6. The molecule has 0 aliphatic heterocycles. The van der Waals surface area contributed by atoms with Crippen LogP contribution in [0.4, 0.5) is 14.4 Å². The Labute approximate surface area is 654 Å². The summed E-state index contributed by atoms with van der Waals surface area (Å²) in [6, 6.07) is 34.5.